The smallest absolute Gasteiger partial charge is 0.251 e. The van der Waals surface area contributed by atoms with Gasteiger partial charge in [-0.2, -0.15) is 0 Å². The fourth-order valence-corrected chi connectivity index (χ4v) is 2.58. The number of nitrogens with one attached hydrogen (secondary N) is 2. The highest BCUT2D eigenvalue weighted by Crippen LogP contribution is 2.21. The van der Waals surface area contributed by atoms with Crippen molar-refractivity contribution < 1.29 is 0 Å². The second-order valence-corrected chi connectivity index (χ2v) is 6.42. The predicted molar refractivity (Wildman–Crippen MR) is 88.7 cm³/mol. The van der Waals surface area contributed by atoms with E-state index in [9.17, 15) is 4.79 Å². The van der Waals surface area contributed by atoms with E-state index in [1.807, 2.05) is 12.1 Å². The van der Waals surface area contributed by atoms with E-state index in [1.54, 1.807) is 17.8 Å². The van der Waals surface area contributed by atoms with Gasteiger partial charge in [0.2, 0.25) is 0 Å². The average Bonchev–Trinajstić information content (AvgIpc) is 2.46. The fourth-order valence-electron chi connectivity index (χ4n) is 1.92. The van der Waals surface area contributed by atoms with Crippen LogP contribution in [-0.2, 0) is 6.54 Å². The molecule has 1 heterocycles. The van der Waals surface area contributed by atoms with Crippen LogP contribution in [0, 0.1) is 0 Å². The molecule has 1 aromatic heterocycles. The molecule has 0 atom stereocenters. The predicted octanol–water partition coefficient (Wildman–Crippen LogP) is 3.05. The average molecular weight is 303 g/mol. The summed E-state index contributed by atoms with van der Waals surface area (Å²) < 4.78 is 0. The van der Waals surface area contributed by atoms with Gasteiger partial charge in [0, 0.05) is 29.1 Å². The number of aromatic nitrogens is 2. The molecule has 0 bridgehead atoms. The Labute approximate surface area is 129 Å². The second kappa shape index (κ2) is 7.43. The van der Waals surface area contributed by atoms with Gasteiger partial charge in [-0.15, -0.1) is 11.8 Å². The number of benzene rings is 1. The molecule has 0 spiro atoms. The molecule has 21 heavy (non-hydrogen) atoms. The van der Waals surface area contributed by atoms with E-state index >= 15 is 0 Å². The van der Waals surface area contributed by atoms with Crippen molar-refractivity contribution >= 4 is 11.8 Å². The van der Waals surface area contributed by atoms with E-state index in [2.05, 4.69) is 48.2 Å². The van der Waals surface area contributed by atoms with Gasteiger partial charge in [-0.3, -0.25) is 4.79 Å². The third kappa shape index (κ3) is 4.72. The molecule has 0 saturated carbocycles. The van der Waals surface area contributed by atoms with E-state index in [0.29, 0.717) is 18.4 Å². The lowest BCUT2D eigenvalue weighted by atomic mass is 10.2. The van der Waals surface area contributed by atoms with Crippen LogP contribution in [-0.4, -0.2) is 21.8 Å². The molecule has 2 N–H and O–H groups in total. The molecule has 0 amide bonds. The van der Waals surface area contributed by atoms with Crippen molar-refractivity contribution in [2.24, 2.45) is 0 Å². The molecule has 0 aliphatic rings. The Balaban J connectivity index is 2.24. The Hall–Kier alpha value is -1.59. The first-order valence-electron chi connectivity index (χ1n) is 7.15. The maximum absolute atomic E-state index is 11.8. The number of H-pyrrole nitrogens is 1. The summed E-state index contributed by atoms with van der Waals surface area (Å²) >= 11 is 1.79. The van der Waals surface area contributed by atoms with Crippen LogP contribution >= 0.6 is 11.8 Å². The van der Waals surface area contributed by atoms with Crippen molar-refractivity contribution in [3.05, 3.63) is 46.4 Å². The number of hydrogen-bond acceptors (Lipinski definition) is 4. The molecule has 0 unspecified atom stereocenters. The van der Waals surface area contributed by atoms with Crippen LogP contribution in [0.2, 0.25) is 0 Å². The zero-order valence-corrected chi connectivity index (χ0v) is 13.5. The molecule has 5 heteroatoms. The van der Waals surface area contributed by atoms with Crippen molar-refractivity contribution in [1.82, 2.24) is 15.3 Å². The minimum atomic E-state index is -0.118. The first-order valence-corrected chi connectivity index (χ1v) is 8.14. The highest BCUT2D eigenvalue weighted by Gasteiger charge is 2.05. The summed E-state index contributed by atoms with van der Waals surface area (Å²) in [5.41, 5.74) is 1.57. The summed E-state index contributed by atoms with van der Waals surface area (Å²) in [5.74, 6) is 1.67. The van der Waals surface area contributed by atoms with Crippen molar-refractivity contribution in [1.29, 1.82) is 0 Å². The molecule has 2 aromatic rings. The van der Waals surface area contributed by atoms with Crippen LogP contribution in [0.15, 0.2) is 40.0 Å². The highest BCUT2D eigenvalue weighted by molar-refractivity contribution is 7.99. The molecule has 4 nitrogen and oxygen atoms in total. The minimum absolute atomic E-state index is 0.118. The Morgan fingerprint density at radius 1 is 1.29 bits per heavy atom. The van der Waals surface area contributed by atoms with Crippen LogP contribution in [0.3, 0.4) is 0 Å². The largest absolute Gasteiger partial charge is 0.309 e. The van der Waals surface area contributed by atoms with Gasteiger partial charge in [-0.25, -0.2) is 4.98 Å². The number of nitrogens with zero attached hydrogens (tertiary/aromatic N) is 1. The van der Waals surface area contributed by atoms with Crippen LogP contribution in [0.5, 0.6) is 0 Å². The number of thioether (sulfide) groups is 1. The Bertz CT molecular complexity index is 635. The van der Waals surface area contributed by atoms with E-state index in [1.165, 1.54) is 4.90 Å². The first-order chi connectivity index (χ1) is 10.1. The standard InChI is InChI=1S/C16H21N3OS/c1-4-21-14-7-5-12(6-8-14)16-18-13(9-15(20)19-16)10-17-11(2)3/h5-9,11,17H,4,10H2,1-3H3,(H,18,19,20). The summed E-state index contributed by atoms with van der Waals surface area (Å²) in [6.07, 6.45) is 0. The van der Waals surface area contributed by atoms with Gasteiger partial charge in [0.15, 0.2) is 0 Å². The number of aromatic amines is 1. The zero-order chi connectivity index (χ0) is 15.2. The molecule has 0 radical (unpaired) electrons. The lowest BCUT2D eigenvalue weighted by Gasteiger charge is -2.09. The van der Waals surface area contributed by atoms with Gasteiger partial charge >= 0.3 is 0 Å². The summed E-state index contributed by atoms with van der Waals surface area (Å²) in [6.45, 7) is 6.86. The van der Waals surface area contributed by atoms with Crippen LogP contribution in [0.4, 0.5) is 0 Å². The quantitative estimate of drug-likeness (QED) is 0.805. The van der Waals surface area contributed by atoms with Gasteiger partial charge in [-0.05, 0) is 17.9 Å². The van der Waals surface area contributed by atoms with Gasteiger partial charge < -0.3 is 10.3 Å². The zero-order valence-electron chi connectivity index (χ0n) is 12.6. The molecule has 0 aliphatic heterocycles. The molecule has 0 aliphatic carbocycles. The van der Waals surface area contributed by atoms with Gasteiger partial charge in [0.25, 0.3) is 5.56 Å². The summed E-state index contributed by atoms with van der Waals surface area (Å²) in [7, 11) is 0. The SMILES string of the molecule is CCSc1ccc(-c2nc(CNC(C)C)cc(=O)[nH]2)cc1. The fraction of sp³-hybridized carbons (Fsp3) is 0.375. The van der Waals surface area contributed by atoms with Crippen LogP contribution in [0.25, 0.3) is 11.4 Å². The molecule has 0 fully saturated rings. The normalized spacial score (nSPS) is 11.0. The van der Waals surface area contributed by atoms with E-state index < -0.39 is 0 Å². The molecule has 1 aromatic carbocycles. The molecule has 2 rings (SSSR count). The van der Waals surface area contributed by atoms with Crippen LogP contribution in [0.1, 0.15) is 26.5 Å². The Kier molecular flexibility index (Phi) is 5.59. The second-order valence-electron chi connectivity index (χ2n) is 5.08. The molecule has 112 valence electrons. The monoisotopic (exact) mass is 303 g/mol. The Morgan fingerprint density at radius 2 is 2.00 bits per heavy atom. The number of rotatable bonds is 6. The van der Waals surface area contributed by atoms with Gasteiger partial charge in [0.05, 0.1) is 5.69 Å². The number of hydrogen-bond donors (Lipinski definition) is 2. The maximum atomic E-state index is 11.8. The molecule has 0 saturated heterocycles. The van der Waals surface area contributed by atoms with E-state index in [0.717, 1.165) is 17.0 Å². The van der Waals surface area contributed by atoms with E-state index in [-0.39, 0.29) is 5.56 Å². The summed E-state index contributed by atoms with van der Waals surface area (Å²) in [6, 6.07) is 10.0. The van der Waals surface area contributed by atoms with Crippen molar-refractivity contribution in [2.75, 3.05) is 5.75 Å². The summed E-state index contributed by atoms with van der Waals surface area (Å²) in [4.78, 5) is 20.3. The third-order valence-corrected chi connectivity index (χ3v) is 3.82. The van der Waals surface area contributed by atoms with Crippen molar-refractivity contribution in [3.8, 4) is 11.4 Å². The van der Waals surface area contributed by atoms with Crippen LogP contribution < -0.4 is 10.9 Å². The topological polar surface area (TPSA) is 57.8 Å². The molecular formula is C16H21N3OS. The lowest BCUT2D eigenvalue weighted by molar-refractivity contribution is 0.580. The highest BCUT2D eigenvalue weighted by atomic mass is 32.2. The van der Waals surface area contributed by atoms with Gasteiger partial charge in [-0.1, -0.05) is 32.9 Å². The minimum Gasteiger partial charge on any atom is -0.309 e. The molecular weight excluding hydrogens is 282 g/mol. The van der Waals surface area contributed by atoms with E-state index in [4.69, 9.17) is 0 Å². The maximum Gasteiger partial charge on any atom is 0.251 e. The first kappa shape index (κ1) is 15.8. The Morgan fingerprint density at radius 3 is 2.62 bits per heavy atom. The van der Waals surface area contributed by atoms with Gasteiger partial charge in [0.1, 0.15) is 5.82 Å². The van der Waals surface area contributed by atoms with Crippen molar-refractivity contribution in [3.63, 3.8) is 0 Å². The lowest BCUT2D eigenvalue weighted by Crippen LogP contribution is -2.24. The third-order valence-electron chi connectivity index (χ3n) is 2.92. The van der Waals surface area contributed by atoms with Crippen molar-refractivity contribution in [2.45, 2.75) is 38.3 Å². The summed E-state index contributed by atoms with van der Waals surface area (Å²) in [5, 5.41) is 3.27.